The van der Waals surface area contributed by atoms with Gasteiger partial charge in [0.15, 0.2) is 5.11 Å². The Kier molecular flexibility index (Phi) is 7.06. The highest BCUT2D eigenvalue weighted by Crippen LogP contribution is 2.22. The number of halogens is 1. The molecule has 0 aliphatic rings. The zero-order valence-corrected chi connectivity index (χ0v) is 18.0. The number of rotatable bonds is 6. The van der Waals surface area contributed by atoms with Gasteiger partial charge in [0, 0.05) is 17.1 Å². The number of imidazole rings is 1. The first-order valence-corrected chi connectivity index (χ1v) is 10.3. The standard InChI is InChI=1S/C21H24ClN5OS/c1-3-4-12-19-23-17-9-5-6-11-18(17)27(19)13-20(28)25-26-21(29)24-16-10-7-8-15(22)14(16)2/h5-11H,3-4,12-13H2,1-2H3,(H,25,28)(H2,24,26,29). The first kappa shape index (κ1) is 21.1. The number of carbonyl (C=O) groups is 1. The molecule has 2 aromatic carbocycles. The molecule has 0 saturated heterocycles. The van der Waals surface area contributed by atoms with Crippen LogP contribution in [0.1, 0.15) is 31.2 Å². The van der Waals surface area contributed by atoms with E-state index in [2.05, 4.69) is 28.1 Å². The summed E-state index contributed by atoms with van der Waals surface area (Å²) in [5.74, 6) is 0.705. The molecule has 152 valence electrons. The zero-order valence-electron chi connectivity index (χ0n) is 16.5. The van der Waals surface area contributed by atoms with Crippen molar-refractivity contribution in [3.05, 3.63) is 58.9 Å². The number of amides is 1. The normalized spacial score (nSPS) is 10.7. The number of hydrogen-bond donors (Lipinski definition) is 3. The van der Waals surface area contributed by atoms with E-state index in [9.17, 15) is 4.79 Å². The molecule has 1 aromatic heterocycles. The molecule has 0 spiro atoms. The number of carbonyl (C=O) groups excluding carboxylic acids is 1. The smallest absolute Gasteiger partial charge is 0.258 e. The van der Waals surface area contributed by atoms with Gasteiger partial charge in [0.25, 0.3) is 5.91 Å². The molecule has 0 saturated carbocycles. The lowest BCUT2D eigenvalue weighted by Crippen LogP contribution is -2.45. The monoisotopic (exact) mass is 429 g/mol. The lowest BCUT2D eigenvalue weighted by molar-refractivity contribution is -0.122. The largest absolute Gasteiger partial charge is 0.331 e. The molecule has 0 radical (unpaired) electrons. The fourth-order valence-corrected chi connectivity index (χ4v) is 3.37. The van der Waals surface area contributed by atoms with E-state index < -0.39 is 0 Å². The Labute approximate surface area is 180 Å². The van der Waals surface area contributed by atoms with E-state index in [4.69, 9.17) is 23.8 Å². The Morgan fingerprint density at radius 3 is 2.76 bits per heavy atom. The van der Waals surface area contributed by atoms with Crippen molar-refractivity contribution in [1.29, 1.82) is 0 Å². The predicted molar refractivity (Wildman–Crippen MR) is 122 cm³/mol. The summed E-state index contributed by atoms with van der Waals surface area (Å²) < 4.78 is 1.96. The Morgan fingerprint density at radius 1 is 1.17 bits per heavy atom. The van der Waals surface area contributed by atoms with Gasteiger partial charge in [0.2, 0.25) is 0 Å². The number of thiocarbonyl (C=S) groups is 1. The van der Waals surface area contributed by atoms with Crippen LogP contribution in [0.2, 0.25) is 5.02 Å². The summed E-state index contributed by atoms with van der Waals surface area (Å²) in [7, 11) is 0. The molecule has 0 aliphatic heterocycles. The SMILES string of the molecule is CCCCc1nc2ccccc2n1CC(=O)NNC(=S)Nc1cccc(Cl)c1C. The van der Waals surface area contributed by atoms with E-state index in [0.717, 1.165) is 47.4 Å². The van der Waals surface area contributed by atoms with Gasteiger partial charge in [-0.25, -0.2) is 4.98 Å². The van der Waals surface area contributed by atoms with E-state index in [1.165, 1.54) is 0 Å². The minimum atomic E-state index is -0.210. The molecule has 3 aromatic rings. The van der Waals surface area contributed by atoms with Crippen LogP contribution in [-0.2, 0) is 17.8 Å². The maximum absolute atomic E-state index is 12.5. The number of benzene rings is 2. The molecule has 6 nitrogen and oxygen atoms in total. The number of hydrazine groups is 1. The van der Waals surface area contributed by atoms with Gasteiger partial charge in [-0.3, -0.25) is 15.6 Å². The van der Waals surface area contributed by atoms with Crippen molar-refractivity contribution < 1.29 is 4.79 Å². The van der Waals surface area contributed by atoms with Gasteiger partial charge in [0.05, 0.1) is 11.0 Å². The van der Waals surface area contributed by atoms with Crippen LogP contribution < -0.4 is 16.2 Å². The van der Waals surface area contributed by atoms with Crippen molar-refractivity contribution in [2.24, 2.45) is 0 Å². The van der Waals surface area contributed by atoms with Gasteiger partial charge in [-0.15, -0.1) is 0 Å². The highest BCUT2D eigenvalue weighted by molar-refractivity contribution is 7.80. The molecule has 3 rings (SSSR count). The number of aromatic nitrogens is 2. The van der Waals surface area contributed by atoms with Crippen molar-refractivity contribution >= 4 is 51.6 Å². The van der Waals surface area contributed by atoms with Crippen LogP contribution >= 0.6 is 23.8 Å². The fraction of sp³-hybridized carbons (Fsp3) is 0.286. The Hall–Kier alpha value is -2.64. The lowest BCUT2D eigenvalue weighted by atomic mass is 10.2. The summed E-state index contributed by atoms with van der Waals surface area (Å²) in [6.45, 7) is 4.19. The first-order chi connectivity index (χ1) is 14.0. The van der Waals surface area contributed by atoms with Crippen molar-refractivity contribution in [3.63, 3.8) is 0 Å². The summed E-state index contributed by atoms with van der Waals surface area (Å²) in [5.41, 5.74) is 8.91. The molecule has 0 aliphatic carbocycles. The molecule has 29 heavy (non-hydrogen) atoms. The highest BCUT2D eigenvalue weighted by Gasteiger charge is 2.13. The van der Waals surface area contributed by atoms with Gasteiger partial charge in [-0.1, -0.05) is 43.1 Å². The van der Waals surface area contributed by atoms with Crippen LogP contribution in [0.4, 0.5) is 5.69 Å². The second kappa shape index (κ2) is 9.71. The molecule has 3 N–H and O–H groups in total. The quantitative estimate of drug-likeness (QED) is 0.401. The van der Waals surface area contributed by atoms with Crippen LogP contribution in [0.15, 0.2) is 42.5 Å². The Balaban J connectivity index is 1.63. The summed E-state index contributed by atoms with van der Waals surface area (Å²) in [6.07, 6.45) is 2.93. The Morgan fingerprint density at radius 2 is 1.97 bits per heavy atom. The number of aryl methyl sites for hydroxylation is 1. The summed E-state index contributed by atoms with van der Waals surface area (Å²) >= 11 is 11.4. The van der Waals surface area contributed by atoms with Crippen molar-refractivity contribution in [1.82, 2.24) is 20.4 Å². The number of fused-ring (bicyclic) bond motifs is 1. The zero-order chi connectivity index (χ0) is 20.8. The third-order valence-corrected chi connectivity index (χ3v) is 5.23. The second-order valence-corrected chi connectivity index (χ2v) is 7.56. The van der Waals surface area contributed by atoms with Crippen LogP contribution in [0.3, 0.4) is 0 Å². The van der Waals surface area contributed by atoms with Crippen LogP contribution in [0.25, 0.3) is 11.0 Å². The van der Waals surface area contributed by atoms with Gasteiger partial charge in [0.1, 0.15) is 12.4 Å². The molecule has 0 bridgehead atoms. The number of unbranched alkanes of at least 4 members (excludes halogenated alkanes) is 1. The molecule has 0 unspecified atom stereocenters. The molecule has 0 atom stereocenters. The average molecular weight is 430 g/mol. The molecular formula is C21H24ClN5OS. The maximum atomic E-state index is 12.5. The molecule has 1 heterocycles. The first-order valence-electron chi connectivity index (χ1n) is 9.54. The molecule has 0 fully saturated rings. The third-order valence-electron chi connectivity index (χ3n) is 4.62. The van der Waals surface area contributed by atoms with Crippen LogP contribution in [-0.4, -0.2) is 20.6 Å². The van der Waals surface area contributed by atoms with Gasteiger partial charge in [-0.2, -0.15) is 0 Å². The third kappa shape index (κ3) is 5.25. The van der Waals surface area contributed by atoms with Gasteiger partial charge >= 0.3 is 0 Å². The second-order valence-electron chi connectivity index (χ2n) is 6.75. The summed E-state index contributed by atoms with van der Waals surface area (Å²) in [5, 5.41) is 3.97. The van der Waals surface area contributed by atoms with Crippen molar-refractivity contribution in [2.45, 2.75) is 39.7 Å². The topological polar surface area (TPSA) is 71.0 Å². The van der Waals surface area contributed by atoms with E-state index in [1.807, 2.05) is 54.0 Å². The van der Waals surface area contributed by atoms with Crippen molar-refractivity contribution in [2.75, 3.05) is 5.32 Å². The maximum Gasteiger partial charge on any atom is 0.258 e. The van der Waals surface area contributed by atoms with E-state index in [0.29, 0.717) is 5.02 Å². The predicted octanol–water partition coefficient (Wildman–Crippen LogP) is 4.36. The lowest BCUT2D eigenvalue weighted by Gasteiger charge is -2.14. The minimum absolute atomic E-state index is 0.158. The van der Waals surface area contributed by atoms with Crippen LogP contribution in [0, 0.1) is 6.92 Å². The van der Waals surface area contributed by atoms with Crippen molar-refractivity contribution in [3.8, 4) is 0 Å². The van der Waals surface area contributed by atoms with E-state index >= 15 is 0 Å². The molecule has 1 amide bonds. The Bertz CT molecular complexity index is 1030. The van der Waals surface area contributed by atoms with E-state index in [-0.39, 0.29) is 17.6 Å². The number of anilines is 1. The number of hydrogen-bond acceptors (Lipinski definition) is 3. The van der Waals surface area contributed by atoms with E-state index in [1.54, 1.807) is 0 Å². The number of nitrogens with one attached hydrogen (secondary N) is 3. The molecule has 8 heteroatoms. The average Bonchev–Trinajstić information content (AvgIpc) is 3.05. The molecular weight excluding hydrogens is 406 g/mol. The number of para-hydroxylation sites is 2. The van der Waals surface area contributed by atoms with Crippen LogP contribution in [0.5, 0.6) is 0 Å². The summed E-state index contributed by atoms with van der Waals surface area (Å²) in [6, 6.07) is 13.4. The minimum Gasteiger partial charge on any atom is -0.331 e. The summed E-state index contributed by atoms with van der Waals surface area (Å²) in [4.78, 5) is 17.2. The highest BCUT2D eigenvalue weighted by atomic mass is 35.5. The fourth-order valence-electron chi connectivity index (χ4n) is 3.03. The van der Waals surface area contributed by atoms with Gasteiger partial charge < -0.3 is 9.88 Å². The number of nitrogens with zero attached hydrogens (tertiary/aromatic N) is 2. The van der Waals surface area contributed by atoms with Gasteiger partial charge in [-0.05, 0) is 55.4 Å².